The molecule has 19 heavy (non-hydrogen) atoms. The lowest BCUT2D eigenvalue weighted by atomic mass is 10.1. The Labute approximate surface area is 121 Å². The molecule has 0 aliphatic carbocycles. The van der Waals surface area contributed by atoms with Crippen LogP contribution in [0.3, 0.4) is 0 Å². The normalized spacial score (nSPS) is 10.3. The SMILES string of the molecule is COc1ccc(C(C)=O)c(Sc2ccc(Cl)cc2)c1. The van der Waals surface area contributed by atoms with Crippen LogP contribution < -0.4 is 4.74 Å². The van der Waals surface area contributed by atoms with Crippen molar-refractivity contribution in [2.24, 2.45) is 0 Å². The number of halogens is 1. The van der Waals surface area contributed by atoms with Crippen LogP contribution in [-0.4, -0.2) is 12.9 Å². The first-order chi connectivity index (χ1) is 9.10. The van der Waals surface area contributed by atoms with Gasteiger partial charge in [-0.25, -0.2) is 0 Å². The zero-order valence-corrected chi connectivity index (χ0v) is 12.2. The molecule has 2 nitrogen and oxygen atoms in total. The molecule has 0 amide bonds. The van der Waals surface area contributed by atoms with Crippen LogP contribution in [0, 0.1) is 0 Å². The maximum Gasteiger partial charge on any atom is 0.160 e. The Hall–Kier alpha value is -1.45. The molecule has 0 aliphatic heterocycles. The van der Waals surface area contributed by atoms with Crippen LogP contribution in [0.1, 0.15) is 17.3 Å². The summed E-state index contributed by atoms with van der Waals surface area (Å²) in [7, 11) is 1.61. The maximum atomic E-state index is 11.6. The van der Waals surface area contributed by atoms with Gasteiger partial charge in [-0.1, -0.05) is 23.4 Å². The Kier molecular flexibility index (Phi) is 4.51. The Balaban J connectivity index is 2.36. The van der Waals surface area contributed by atoms with E-state index in [4.69, 9.17) is 16.3 Å². The van der Waals surface area contributed by atoms with Crippen molar-refractivity contribution < 1.29 is 9.53 Å². The predicted octanol–water partition coefficient (Wildman–Crippen LogP) is 4.70. The molecular formula is C15H13ClO2S. The summed E-state index contributed by atoms with van der Waals surface area (Å²) in [4.78, 5) is 13.5. The number of hydrogen-bond acceptors (Lipinski definition) is 3. The van der Waals surface area contributed by atoms with Crippen LogP contribution in [0.5, 0.6) is 5.75 Å². The van der Waals surface area contributed by atoms with E-state index >= 15 is 0 Å². The van der Waals surface area contributed by atoms with Crippen LogP contribution >= 0.6 is 23.4 Å². The summed E-state index contributed by atoms with van der Waals surface area (Å²) in [5, 5.41) is 0.696. The number of hydrogen-bond donors (Lipinski definition) is 0. The number of carbonyl (C=O) groups excluding carboxylic acids is 1. The van der Waals surface area contributed by atoms with E-state index < -0.39 is 0 Å². The molecule has 0 atom stereocenters. The minimum absolute atomic E-state index is 0.0408. The van der Waals surface area contributed by atoms with E-state index in [-0.39, 0.29) is 5.78 Å². The van der Waals surface area contributed by atoms with Gasteiger partial charge in [0.1, 0.15) is 5.75 Å². The zero-order valence-electron chi connectivity index (χ0n) is 10.6. The quantitative estimate of drug-likeness (QED) is 0.764. The highest BCUT2D eigenvalue weighted by Crippen LogP contribution is 2.33. The molecule has 4 heteroatoms. The molecule has 0 fully saturated rings. The monoisotopic (exact) mass is 292 g/mol. The van der Waals surface area contributed by atoms with Crippen LogP contribution in [0.2, 0.25) is 5.02 Å². The Morgan fingerprint density at radius 2 is 1.84 bits per heavy atom. The van der Waals surface area contributed by atoms with E-state index in [1.54, 1.807) is 26.2 Å². The second-order valence-electron chi connectivity index (χ2n) is 3.97. The topological polar surface area (TPSA) is 26.3 Å². The molecule has 2 rings (SSSR count). The largest absolute Gasteiger partial charge is 0.497 e. The van der Waals surface area contributed by atoms with Crippen molar-refractivity contribution >= 4 is 29.1 Å². The fourth-order valence-corrected chi connectivity index (χ4v) is 2.78. The van der Waals surface area contributed by atoms with Crippen LogP contribution in [0.15, 0.2) is 52.3 Å². The van der Waals surface area contributed by atoms with E-state index in [9.17, 15) is 4.79 Å². The van der Waals surface area contributed by atoms with Gasteiger partial charge in [-0.2, -0.15) is 0 Å². The van der Waals surface area contributed by atoms with Gasteiger partial charge in [-0.05, 0) is 49.4 Å². The summed E-state index contributed by atoms with van der Waals surface area (Å²) in [5.74, 6) is 0.778. The van der Waals surface area contributed by atoms with E-state index in [0.717, 1.165) is 15.5 Å². The van der Waals surface area contributed by atoms with Crippen molar-refractivity contribution in [2.45, 2.75) is 16.7 Å². The summed E-state index contributed by atoms with van der Waals surface area (Å²) < 4.78 is 5.20. The van der Waals surface area contributed by atoms with Gasteiger partial charge in [0.25, 0.3) is 0 Å². The average Bonchev–Trinajstić information content (AvgIpc) is 2.41. The molecule has 2 aromatic rings. The molecule has 0 bridgehead atoms. The van der Waals surface area contributed by atoms with Crippen molar-refractivity contribution in [3.05, 3.63) is 53.1 Å². The molecule has 98 valence electrons. The third kappa shape index (κ3) is 3.52. The van der Waals surface area contributed by atoms with Gasteiger partial charge in [-0.15, -0.1) is 0 Å². The number of rotatable bonds is 4. The van der Waals surface area contributed by atoms with Crippen LogP contribution in [0.25, 0.3) is 0 Å². The first-order valence-corrected chi connectivity index (χ1v) is 6.92. The number of benzene rings is 2. The van der Waals surface area contributed by atoms with E-state index in [1.165, 1.54) is 11.8 Å². The van der Waals surface area contributed by atoms with Gasteiger partial charge >= 0.3 is 0 Å². The van der Waals surface area contributed by atoms with Gasteiger partial charge in [0.15, 0.2) is 5.78 Å². The van der Waals surface area contributed by atoms with Crippen molar-refractivity contribution in [1.82, 2.24) is 0 Å². The summed E-state index contributed by atoms with van der Waals surface area (Å²) in [6.07, 6.45) is 0. The predicted molar refractivity (Wildman–Crippen MR) is 78.6 cm³/mol. The first kappa shape index (κ1) is 14.0. The smallest absolute Gasteiger partial charge is 0.160 e. The minimum Gasteiger partial charge on any atom is -0.497 e. The van der Waals surface area contributed by atoms with E-state index in [1.807, 2.05) is 30.3 Å². The van der Waals surface area contributed by atoms with Crippen molar-refractivity contribution in [1.29, 1.82) is 0 Å². The van der Waals surface area contributed by atoms with Crippen LogP contribution in [-0.2, 0) is 0 Å². The number of ketones is 1. The molecule has 0 heterocycles. The molecular weight excluding hydrogens is 280 g/mol. The van der Waals surface area contributed by atoms with Crippen molar-refractivity contribution in [3.63, 3.8) is 0 Å². The third-order valence-electron chi connectivity index (χ3n) is 2.61. The molecule has 0 N–H and O–H groups in total. The zero-order chi connectivity index (χ0) is 13.8. The van der Waals surface area contributed by atoms with E-state index in [2.05, 4.69) is 0 Å². The molecule has 0 unspecified atom stereocenters. The molecule has 2 aromatic carbocycles. The molecule has 0 saturated heterocycles. The molecule has 0 aliphatic rings. The average molecular weight is 293 g/mol. The number of methoxy groups -OCH3 is 1. The summed E-state index contributed by atoms with van der Waals surface area (Å²) in [6.45, 7) is 1.56. The highest BCUT2D eigenvalue weighted by molar-refractivity contribution is 7.99. The highest BCUT2D eigenvalue weighted by atomic mass is 35.5. The number of carbonyl (C=O) groups is 1. The highest BCUT2D eigenvalue weighted by Gasteiger charge is 2.10. The molecule has 0 radical (unpaired) electrons. The van der Waals surface area contributed by atoms with Crippen molar-refractivity contribution in [2.75, 3.05) is 7.11 Å². The second kappa shape index (κ2) is 6.13. The third-order valence-corrected chi connectivity index (χ3v) is 3.93. The second-order valence-corrected chi connectivity index (χ2v) is 5.53. The molecule has 0 spiro atoms. The minimum atomic E-state index is 0.0408. The van der Waals surface area contributed by atoms with Gasteiger partial charge in [0, 0.05) is 20.4 Å². The lowest BCUT2D eigenvalue weighted by Gasteiger charge is -2.09. The number of ether oxygens (including phenoxy) is 1. The Morgan fingerprint density at radius 3 is 2.42 bits per heavy atom. The van der Waals surface area contributed by atoms with E-state index in [0.29, 0.717) is 10.6 Å². The Bertz CT molecular complexity index is 594. The van der Waals surface area contributed by atoms with Gasteiger partial charge in [0.05, 0.1) is 7.11 Å². The standard InChI is InChI=1S/C15H13ClO2S/c1-10(17)14-8-5-12(18-2)9-15(14)19-13-6-3-11(16)4-7-13/h3-9H,1-2H3. The van der Waals surface area contributed by atoms with Gasteiger partial charge < -0.3 is 4.74 Å². The lowest BCUT2D eigenvalue weighted by Crippen LogP contribution is -1.96. The fourth-order valence-electron chi connectivity index (χ4n) is 1.63. The van der Waals surface area contributed by atoms with Gasteiger partial charge in [-0.3, -0.25) is 4.79 Å². The fraction of sp³-hybridized carbons (Fsp3) is 0.133. The van der Waals surface area contributed by atoms with Crippen molar-refractivity contribution in [3.8, 4) is 5.75 Å². The molecule has 0 saturated carbocycles. The lowest BCUT2D eigenvalue weighted by molar-refractivity contribution is 0.101. The van der Waals surface area contributed by atoms with Gasteiger partial charge in [0.2, 0.25) is 0 Å². The van der Waals surface area contributed by atoms with Crippen LogP contribution in [0.4, 0.5) is 0 Å². The summed E-state index contributed by atoms with van der Waals surface area (Å²) in [6, 6.07) is 13.0. The molecule has 0 aromatic heterocycles. The maximum absolute atomic E-state index is 11.6. The summed E-state index contributed by atoms with van der Waals surface area (Å²) >= 11 is 7.38. The Morgan fingerprint density at radius 1 is 1.16 bits per heavy atom. The first-order valence-electron chi connectivity index (χ1n) is 5.72. The summed E-state index contributed by atoms with van der Waals surface area (Å²) in [5.41, 5.74) is 0.695. The number of Topliss-reactive ketones (excluding diaryl/α,β-unsaturated/α-hetero) is 1.